The summed E-state index contributed by atoms with van der Waals surface area (Å²) in [5.74, 6) is 0.734. The summed E-state index contributed by atoms with van der Waals surface area (Å²) in [6, 6.07) is 11.8. The van der Waals surface area contributed by atoms with E-state index in [4.69, 9.17) is 10.00 Å². The first-order chi connectivity index (χ1) is 9.79. The Labute approximate surface area is 118 Å². The van der Waals surface area contributed by atoms with Crippen LogP contribution in [0.15, 0.2) is 36.5 Å². The van der Waals surface area contributed by atoms with Gasteiger partial charge in [-0.15, -0.1) is 0 Å². The average Bonchev–Trinajstić information content (AvgIpc) is 2.87. The van der Waals surface area contributed by atoms with Crippen LogP contribution in [0.25, 0.3) is 0 Å². The first-order valence-corrected chi connectivity index (χ1v) is 6.56. The van der Waals surface area contributed by atoms with Crippen molar-refractivity contribution in [1.82, 2.24) is 15.1 Å². The van der Waals surface area contributed by atoms with Gasteiger partial charge in [0, 0.05) is 38.4 Å². The molecule has 0 unspecified atom stereocenters. The molecule has 1 aromatic carbocycles. The number of hydrogen-bond acceptors (Lipinski definition) is 4. The average molecular weight is 270 g/mol. The van der Waals surface area contributed by atoms with Crippen molar-refractivity contribution in [1.29, 1.82) is 5.26 Å². The van der Waals surface area contributed by atoms with Gasteiger partial charge in [0.15, 0.2) is 6.61 Å². The molecule has 5 heteroatoms. The Hall–Kier alpha value is -2.32. The van der Waals surface area contributed by atoms with Crippen LogP contribution >= 0.6 is 0 Å². The number of rotatable bonds is 7. The van der Waals surface area contributed by atoms with Gasteiger partial charge in [-0.05, 0) is 23.8 Å². The lowest BCUT2D eigenvalue weighted by atomic mass is 10.2. The Morgan fingerprint density at radius 2 is 2.30 bits per heavy atom. The van der Waals surface area contributed by atoms with Crippen LogP contribution in [-0.4, -0.2) is 22.9 Å². The maximum absolute atomic E-state index is 8.49. The number of aromatic nitrogens is 2. The zero-order valence-corrected chi connectivity index (χ0v) is 11.5. The van der Waals surface area contributed by atoms with Crippen molar-refractivity contribution in [3.8, 4) is 11.8 Å². The van der Waals surface area contributed by atoms with Gasteiger partial charge in [0.25, 0.3) is 0 Å². The molecule has 2 aromatic rings. The molecule has 0 saturated carbocycles. The predicted molar refractivity (Wildman–Crippen MR) is 76.2 cm³/mol. The molecular weight excluding hydrogens is 252 g/mol. The van der Waals surface area contributed by atoms with E-state index >= 15 is 0 Å². The maximum Gasteiger partial charge on any atom is 0.174 e. The number of benzene rings is 1. The molecule has 0 bridgehead atoms. The fourth-order valence-electron chi connectivity index (χ4n) is 1.96. The van der Waals surface area contributed by atoms with Crippen molar-refractivity contribution in [2.24, 2.45) is 7.05 Å². The molecule has 0 saturated heterocycles. The van der Waals surface area contributed by atoms with Crippen LogP contribution in [-0.2, 0) is 20.0 Å². The molecule has 0 atom stereocenters. The quantitative estimate of drug-likeness (QED) is 0.777. The SMILES string of the molecule is Cn1nccc1CCNCc1cccc(OCC#N)c1. The van der Waals surface area contributed by atoms with Crippen LogP contribution in [0.3, 0.4) is 0 Å². The van der Waals surface area contributed by atoms with E-state index in [0.717, 1.165) is 30.8 Å². The predicted octanol–water partition coefficient (Wildman–Crippen LogP) is 1.65. The molecule has 0 fully saturated rings. The lowest BCUT2D eigenvalue weighted by Crippen LogP contribution is -2.17. The van der Waals surface area contributed by atoms with Crippen LogP contribution in [0.5, 0.6) is 5.75 Å². The van der Waals surface area contributed by atoms with Crippen LogP contribution in [0, 0.1) is 11.3 Å². The highest BCUT2D eigenvalue weighted by atomic mass is 16.5. The Bertz CT molecular complexity index is 586. The molecule has 0 aliphatic heterocycles. The van der Waals surface area contributed by atoms with Gasteiger partial charge in [-0.2, -0.15) is 10.4 Å². The van der Waals surface area contributed by atoms with E-state index in [-0.39, 0.29) is 6.61 Å². The second kappa shape index (κ2) is 7.31. The fraction of sp³-hybridized carbons (Fsp3) is 0.333. The summed E-state index contributed by atoms with van der Waals surface area (Å²) in [6.07, 6.45) is 2.76. The lowest BCUT2D eigenvalue weighted by Gasteiger charge is -2.07. The summed E-state index contributed by atoms with van der Waals surface area (Å²) in [5.41, 5.74) is 2.36. The van der Waals surface area contributed by atoms with E-state index in [1.807, 2.05) is 54.3 Å². The smallest absolute Gasteiger partial charge is 0.174 e. The summed E-state index contributed by atoms with van der Waals surface area (Å²) >= 11 is 0. The second-order valence-electron chi connectivity index (χ2n) is 4.47. The van der Waals surface area contributed by atoms with E-state index in [1.54, 1.807) is 0 Å². The van der Waals surface area contributed by atoms with Crippen molar-refractivity contribution in [2.45, 2.75) is 13.0 Å². The number of nitriles is 1. The van der Waals surface area contributed by atoms with Crippen LogP contribution in [0.4, 0.5) is 0 Å². The fourth-order valence-corrected chi connectivity index (χ4v) is 1.96. The van der Waals surface area contributed by atoms with Gasteiger partial charge in [-0.1, -0.05) is 12.1 Å². The summed E-state index contributed by atoms with van der Waals surface area (Å²) in [7, 11) is 1.95. The molecule has 0 amide bonds. The second-order valence-corrected chi connectivity index (χ2v) is 4.47. The van der Waals surface area contributed by atoms with Gasteiger partial charge >= 0.3 is 0 Å². The third-order valence-corrected chi connectivity index (χ3v) is 3.01. The number of ether oxygens (including phenoxy) is 1. The molecule has 0 aliphatic rings. The minimum Gasteiger partial charge on any atom is -0.479 e. The van der Waals surface area contributed by atoms with E-state index in [2.05, 4.69) is 10.4 Å². The van der Waals surface area contributed by atoms with Crippen LogP contribution in [0.1, 0.15) is 11.3 Å². The van der Waals surface area contributed by atoms with Crippen molar-refractivity contribution in [3.63, 3.8) is 0 Å². The van der Waals surface area contributed by atoms with Gasteiger partial charge in [0.1, 0.15) is 11.8 Å². The van der Waals surface area contributed by atoms with Gasteiger partial charge in [0.05, 0.1) is 0 Å². The molecule has 20 heavy (non-hydrogen) atoms. The van der Waals surface area contributed by atoms with Crippen LogP contribution in [0.2, 0.25) is 0 Å². The van der Waals surface area contributed by atoms with Crippen molar-refractivity contribution < 1.29 is 4.74 Å². The highest BCUT2D eigenvalue weighted by molar-refractivity contribution is 5.28. The third-order valence-electron chi connectivity index (χ3n) is 3.01. The highest BCUT2D eigenvalue weighted by Crippen LogP contribution is 2.12. The normalized spacial score (nSPS) is 10.2. The molecule has 1 heterocycles. The third kappa shape index (κ3) is 4.11. The molecular formula is C15H18N4O. The maximum atomic E-state index is 8.49. The molecule has 0 aliphatic carbocycles. The van der Waals surface area contributed by atoms with Gasteiger partial charge < -0.3 is 10.1 Å². The van der Waals surface area contributed by atoms with E-state index in [0.29, 0.717) is 0 Å². The monoisotopic (exact) mass is 270 g/mol. The number of nitrogens with zero attached hydrogens (tertiary/aromatic N) is 3. The molecule has 104 valence electrons. The summed E-state index contributed by atoms with van der Waals surface area (Å²) in [5, 5.41) is 16.0. The largest absolute Gasteiger partial charge is 0.479 e. The first kappa shape index (κ1) is 14.1. The minimum absolute atomic E-state index is 0.0807. The van der Waals surface area contributed by atoms with Crippen molar-refractivity contribution >= 4 is 0 Å². The standard InChI is InChI=1S/C15H18N4O/c1-19-14(6-9-18-19)5-8-17-12-13-3-2-4-15(11-13)20-10-7-16/h2-4,6,9,11,17H,5,8,10,12H2,1H3. The van der Waals surface area contributed by atoms with E-state index < -0.39 is 0 Å². The zero-order chi connectivity index (χ0) is 14.2. The first-order valence-electron chi connectivity index (χ1n) is 6.56. The van der Waals surface area contributed by atoms with Gasteiger partial charge in [-0.3, -0.25) is 4.68 Å². The zero-order valence-electron chi connectivity index (χ0n) is 11.5. The van der Waals surface area contributed by atoms with E-state index in [9.17, 15) is 0 Å². The Balaban J connectivity index is 1.76. The lowest BCUT2D eigenvalue weighted by molar-refractivity contribution is 0.367. The summed E-state index contributed by atoms with van der Waals surface area (Å²) in [4.78, 5) is 0. The highest BCUT2D eigenvalue weighted by Gasteiger charge is 1.99. The molecule has 0 radical (unpaired) electrons. The number of hydrogen-bond donors (Lipinski definition) is 1. The minimum atomic E-state index is 0.0807. The topological polar surface area (TPSA) is 62.9 Å². The molecule has 2 rings (SSSR count). The summed E-state index contributed by atoms with van der Waals surface area (Å²) < 4.78 is 7.16. The van der Waals surface area contributed by atoms with Gasteiger partial charge in [0.2, 0.25) is 0 Å². The molecule has 1 N–H and O–H groups in total. The van der Waals surface area contributed by atoms with Crippen molar-refractivity contribution in [2.75, 3.05) is 13.2 Å². The molecule has 1 aromatic heterocycles. The summed E-state index contributed by atoms with van der Waals surface area (Å²) in [6.45, 7) is 1.75. The number of nitrogens with one attached hydrogen (secondary N) is 1. The number of aryl methyl sites for hydroxylation is 1. The van der Waals surface area contributed by atoms with Crippen LogP contribution < -0.4 is 10.1 Å². The Kier molecular flexibility index (Phi) is 5.15. The van der Waals surface area contributed by atoms with E-state index in [1.165, 1.54) is 5.69 Å². The Morgan fingerprint density at radius 1 is 1.40 bits per heavy atom. The molecule has 0 spiro atoms. The Morgan fingerprint density at radius 3 is 3.05 bits per heavy atom. The van der Waals surface area contributed by atoms with Crippen molar-refractivity contribution in [3.05, 3.63) is 47.8 Å². The van der Waals surface area contributed by atoms with Gasteiger partial charge in [-0.25, -0.2) is 0 Å². The molecule has 5 nitrogen and oxygen atoms in total.